The van der Waals surface area contributed by atoms with Gasteiger partial charge in [0.15, 0.2) is 0 Å². The average molecular weight is 278 g/mol. The molecule has 1 fully saturated rings. The Bertz CT molecular complexity index is 538. The van der Waals surface area contributed by atoms with E-state index in [1.165, 1.54) is 18.2 Å². The number of hydrazine groups is 1. The molecule has 0 saturated heterocycles. The van der Waals surface area contributed by atoms with Crippen molar-refractivity contribution >= 4 is 17.3 Å². The highest BCUT2D eigenvalue weighted by Gasteiger charge is 2.32. The van der Waals surface area contributed by atoms with E-state index in [1.807, 2.05) is 6.92 Å². The predicted octanol–water partition coefficient (Wildman–Crippen LogP) is 1.94. The minimum Gasteiger partial charge on any atom is -0.347 e. The zero-order valence-electron chi connectivity index (χ0n) is 11.3. The Morgan fingerprint density at radius 2 is 2.05 bits per heavy atom. The Hall–Kier alpha value is -2.15. The second-order valence-corrected chi connectivity index (χ2v) is 5.36. The molecule has 0 radical (unpaired) electrons. The molecular weight excluding hydrogens is 260 g/mol. The van der Waals surface area contributed by atoms with Gasteiger partial charge >= 0.3 is 0 Å². The number of nitro groups is 1. The zero-order chi connectivity index (χ0) is 14.8. The molecule has 0 aliphatic heterocycles. The highest BCUT2D eigenvalue weighted by molar-refractivity contribution is 5.99. The number of hydrogen-bond acceptors (Lipinski definition) is 5. The molecule has 20 heavy (non-hydrogen) atoms. The fraction of sp³-hybridized carbons (Fsp3) is 0.462. The predicted molar refractivity (Wildman–Crippen MR) is 75.2 cm³/mol. The maximum atomic E-state index is 12.3. The van der Waals surface area contributed by atoms with Crippen LogP contribution in [0.1, 0.15) is 43.0 Å². The molecule has 0 atom stereocenters. The summed E-state index contributed by atoms with van der Waals surface area (Å²) in [5, 5.41) is 13.9. The van der Waals surface area contributed by atoms with Crippen LogP contribution in [0.5, 0.6) is 0 Å². The highest BCUT2D eigenvalue weighted by atomic mass is 16.6. The van der Waals surface area contributed by atoms with E-state index < -0.39 is 10.8 Å². The van der Waals surface area contributed by atoms with Crippen molar-refractivity contribution < 1.29 is 9.72 Å². The molecule has 1 aliphatic carbocycles. The zero-order valence-corrected chi connectivity index (χ0v) is 11.3. The molecular formula is C13H18N4O3. The van der Waals surface area contributed by atoms with Gasteiger partial charge in [0.25, 0.3) is 11.6 Å². The fourth-order valence-corrected chi connectivity index (χ4v) is 2.59. The third-order valence-corrected chi connectivity index (χ3v) is 3.73. The van der Waals surface area contributed by atoms with E-state index in [9.17, 15) is 14.9 Å². The number of nitrogen functional groups attached to an aromatic ring is 1. The lowest BCUT2D eigenvalue weighted by Gasteiger charge is -2.25. The van der Waals surface area contributed by atoms with Gasteiger partial charge in [-0.05, 0) is 31.9 Å². The first-order chi connectivity index (χ1) is 9.45. The van der Waals surface area contributed by atoms with Crippen molar-refractivity contribution in [2.45, 2.75) is 38.1 Å². The maximum absolute atomic E-state index is 12.3. The molecule has 0 unspecified atom stereocenters. The first-order valence-electron chi connectivity index (χ1n) is 6.53. The Kier molecular flexibility index (Phi) is 3.89. The number of nitrogens with zero attached hydrogens (tertiary/aromatic N) is 1. The Morgan fingerprint density at radius 3 is 2.60 bits per heavy atom. The van der Waals surface area contributed by atoms with Gasteiger partial charge in [0.05, 0.1) is 4.92 Å². The quantitative estimate of drug-likeness (QED) is 0.443. The molecule has 7 heteroatoms. The van der Waals surface area contributed by atoms with Crippen LogP contribution in [0.15, 0.2) is 18.2 Å². The largest absolute Gasteiger partial charge is 0.347 e. The van der Waals surface area contributed by atoms with Crippen molar-refractivity contribution in [1.82, 2.24) is 5.32 Å². The van der Waals surface area contributed by atoms with E-state index >= 15 is 0 Å². The number of rotatable bonds is 4. The minimum atomic E-state index is -0.563. The molecule has 0 aromatic heterocycles. The Balaban J connectivity index is 2.29. The molecule has 108 valence electrons. The van der Waals surface area contributed by atoms with Crippen LogP contribution < -0.4 is 16.6 Å². The molecule has 1 aromatic carbocycles. The van der Waals surface area contributed by atoms with Gasteiger partial charge in [0, 0.05) is 17.3 Å². The molecule has 0 spiro atoms. The van der Waals surface area contributed by atoms with E-state index in [-0.39, 0.29) is 16.8 Å². The van der Waals surface area contributed by atoms with Crippen molar-refractivity contribution in [1.29, 1.82) is 0 Å². The van der Waals surface area contributed by atoms with Crippen molar-refractivity contribution in [3.05, 3.63) is 33.9 Å². The molecule has 1 amide bonds. The molecule has 1 aliphatic rings. The van der Waals surface area contributed by atoms with Crippen LogP contribution >= 0.6 is 0 Å². The van der Waals surface area contributed by atoms with Gasteiger partial charge in [-0.15, -0.1) is 0 Å². The van der Waals surface area contributed by atoms with Crippen LogP contribution in [0.4, 0.5) is 11.4 Å². The molecule has 0 heterocycles. The number of hydrogen-bond donors (Lipinski definition) is 3. The van der Waals surface area contributed by atoms with Crippen LogP contribution in [0, 0.1) is 10.1 Å². The van der Waals surface area contributed by atoms with Crippen LogP contribution in [-0.2, 0) is 0 Å². The molecule has 0 bridgehead atoms. The second kappa shape index (κ2) is 5.46. The second-order valence-electron chi connectivity index (χ2n) is 5.36. The lowest BCUT2D eigenvalue weighted by Crippen LogP contribution is -2.43. The standard InChI is InChI=1S/C13H18N4O3/c1-13(6-2-3-7-13)15-12(18)10-8-9(16-14)4-5-11(10)17(19)20/h4-5,8,16H,2-3,6-7,14H2,1H3,(H,15,18). The van der Waals surface area contributed by atoms with Crippen LogP contribution in [-0.4, -0.2) is 16.4 Å². The Labute approximate surface area is 116 Å². The van der Waals surface area contributed by atoms with Crippen LogP contribution in [0.3, 0.4) is 0 Å². The van der Waals surface area contributed by atoms with Gasteiger partial charge < -0.3 is 10.7 Å². The summed E-state index contributed by atoms with van der Waals surface area (Å²) in [5.74, 6) is 4.85. The van der Waals surface area contributed by atoms with E-state index in [4.69, 9.17) is 5.84 Å². The van der Waals surface area contributed by atoms with Crippen LogP contribution in [0.2, 0.25) is 0 Å². The summed E-state index contributed by atoms with van der Waals surface area (Å²) < 4.78 is 0. The summed E-state index contributed by atoms with van der Waals surface area (Å²) in [6.07, 6.45) is 3.90. The van der Waals surface area contributed by atoms with Crippen LogP contribution in [0.25, 0.3) is 0 Å². The van der Waals surface area contributed by atoms with Gasteiger partial charge in [-0.1, -0.05) is 12.8 Å². The van der Waals surface area contributed by atoms with Gasteiger partial charge in [-0.25, -0.2) is 0 Å². The lowest BCUT2D eigenvalue weighted by atomic mass is 9.99. The number of anilines is 1. The molecule has 1 aromatic rings. The van der Waals surface area contributed by atoms with Gasteiger partial charge in [-0.2, -0.15) is 0 Å². The third-order valence-electron chi connectivity index (χ3n) is 3.73. The highest BCUT2D eigenvalue weighted by Crippen LogP contribution is 2.30. The molecule has 1 saturated carbocycles. The molecule has 2 rings (SSSR count). The van der Waals surface area contributed by atoms with E-state index in [0.717, 1.165) is 25.7 Å². The first-order valence-corrected chi connectivity index (χ1v) is 6.53. The van der Waals surface area contributed by atoms with Crippen molar-refractivity contribution in [2.75, 3.05) is 5.43 Å². The van der Waals surface area contributed by atoms with E-state index in [2.05, 4.69) is 10.7 Å². The lowest BCUT2D eigenvalue weighted by molar-refractivity contribution is -0.385. The number of nitro benzene ring substituents is 1. The minimum absolute atomic E-state index is 0.0265. The van der Waals surface area contributed by atoms with Gasteiger partial charge in [-0.3, -0.25) is 20.8 Å². The first kappa shape index (κ1) is 14.3. The summed E-state index contributed by atoms with van der Waals surface area (Å²) in [6, 6.07) is 4.14. The summed E-state index contributed by atoms with van der Waals surface area (Å²) >= 11 is 0. The number of carbonyl (C=O) groups excluding carboxylic acids is 1. The number of carbonyl (C=O) groups is 1. The number of nitrogens with two attached hydrogens (primary N) is 1. The molecule has 7 nitrogen and oxygen atoms in total. The van der Waals surface area contributed by atoms with E-state index in [0.29, 0.717) is 5.69 Å². The number of nitrogens with one attached hydrogen (secondary N) is 2. The maximum Gasteiger partial charge on any atom is 0.282 e. The number of amides is 1. The van der Waals surface area contributed by atoms with Crippen molar-refractivity contribution in [3.8, 4) is 0 Å². The average Bonchev–Trinajstić information content (AvgIpc) is 2.84. The van der Waals surface area contributed by atoms with Crippen molar-refractivity contribution in [3.63, 3.8) is 0 Å². The van der Waals surface area contributed by atoms with Gasteiger partial charge in [0.1, 0.15) is 5.56 Å². The summed E-state index contributed by atoms with van der Waals surface area (Å²) in [7, 11) is 0. The summed E-state index contributed by atoms with van der Waals surface area (Å²) in [6.45, 7) is 1.97. The fourth-order valence-electron chi connectivity index (χ4n) is 2.59. The van der Waals surface area contributed by atoms with Crippen molar-refractivity contribution in [2.24, 2.45) is 5.84 Å². The monoisotopic (exact) mass is 278 g/mol. The number of benzene rings is 1. The summed E-state index contributed by atoms with van der Waals surface area (Å²) in [4.78, 5) is 22.8. The summed E-state index contributed by atoms with van der Waals surface area (Å²) in [5.41, 5.74) is 2.37. The van der Waals surface area contributed by atoms with E-state index in [1.54, 1.807) is 0 Å². The third kappa shape index (κ3) is 2.88. The van der Waals surface area contributed by atoms with Gasteiger partial charge in [0.2, 0.25) is 0 Å². The SMILES string of the molecule is CC1(NC(=O)c2cc(NN)ccc2[N+](=O)[O-])CCCC1. The molecule has 4 N–H and O–H groups in total. The smallest absolute Gasteiger partial charge is 0.282 e. The topological polar surface area (TPSA) is 110 Å². The normalized spacial score (nSPS) is 16.7. The Morgan fingerprint density at radius 1 is 1.40 bits per heavy atom.